The first-order valence-corrected chi connectivity index (χ1v) is 13.1. The lowest BCUT2D eigenvalue weighted by Crippen LogP contribution is -2.71. The van der Waals surface area contributed by atoms with Gasteiger partial charge in [-0.2, -0.15) is 4.40 Å². The Morgan fingerprint density at radius 1 is 1.43 bits per heavy atom. The molecule has 0 spiro atoms. The number of thioether (sulfide) groups is 1. The Labute approximate surface area is 223 Å². The number of carboxylic acids is 1. The number of fused-ring (bicyclic) bond motifs is 2. The lowest BCUT2D eigenvalue weighted by Gasteiger charge is -2.50. The molecule has 0 aromatic carbocycles. The van der Waals surface area contributed by atoms with Crippen molar-refractivity contribution in [1.82, 2.24) is 19.6 Å². The van der Waals surface area contributed by atoms with Crippen molar-refractivity contribution in [1.29, 1.82) is 0 Å². The van der Waals surface area contributed by atoms with Crippen molar-refractivity contribution in [2.45, 2.75) is 24.9 Å². The van der Waals surface area contributed by atoms with Gasteiger partial charge in [0.05, 0.1) is 11.7 Å². The fourth-order valence-electron chi connectivity index (χ4n) is 4.32. The van der Waals surface area contributed by atoms with E-state index < -0.39 is 29.2 Å². The molecule has 3 N–H and O–H groups in total. The number of pyridine rings is 1. The number of carbonyl (C=O) groups is 3. The summed E-state index contributed by atoms with van der Waals surface area (Å²) < 4.78 is 3.98. The highest BCUT2D eigenvalue weighted by molar-refractivity contribution is 8.00. The van der Waals surface area contributed by atoms with Crippen LogP contribution in [0, 0.1) is 6.92 Å². The Balaban J connectivity index is 1.37. The second-order valence-corrected chi connectivity index (χ2v) is 11.0. The van der Waals surface area contributed by atoms with E-state index >= 15 is 0 Å². The molecule has 1 saturated heterocycles. The van der Waals surface area contributed by atoms with Crippen molar-refractivity contribution in [2.24, 2.45) is 5.16 Å². The number of aryl methyl sites for hydroxylation is 1. The van der Waals surface area contributed by atoms with E-state index in [0.717, 1.165) is 27.4 Å². The molecule has 5 rings (SSSR count). The van der Waals surface area contributed by atoms with Crippen LogP contribution < -0.4 is 20.7 Å². The molecule has 37 heavy (non-hydrogen) atoms. The summed E-state index contributed by atoms with van der Waals surface area (Å²) in [7, 11) is 1.25. The zero-order valence-electron chi connectivity index (χ0n) is 19.5. The van der Waals surface area contributed by atoms with E-state index in [1.54, 1.807) is 0 Å². The van der Waals surface area contributed by atoms with Gasteiger partial charge in [0.2, 0.25) is 6.33 Å². The summed E-state index contributed by atoms with van der Waals surface area (Å²) in [5, 5.41) is 17.9. The minimum Gasteiger partial charge on any atom is -0.543 e. The third-order valence-electron chi connectivity index (χ3n) is 5.95. The second kappa shape index (κ2) is 9.68. The van der Waals surface area contributed by atoms with Gasteiger partial charge in [0.1, 0.15) is 47.0 Å². The number of nitrogens with zero attached hydrogens (tertiary/aromatic N) is 5. The van der Waals surface area contributed by atoms with E-state index in [0.29, 0.717) is 11.3 Å². The number of aromatic nitrogens is 3. The molecule has 0 saturated carbocycles. The smallest absolute Gasteiger partial charge is 0.276 e. The number of imidazole rings is 1. The van der Waals surface area contributed by atoms with E-state index in [4.69, 9.17) is 22.2 Å². The first-order valence-electron chi connectivity index (χ1n) is 10.9. The zero-order chi connectivity index (χ0) is 26.4. The number of β-lactam (4-membered cyclic amide) rings is 1. The highest BCUT2D eigenvalue weighted by Crippen LogP contribution is 2.40. The Kier molecular flexibility index (Phi) is 6.56. The molecule has 0 aliphatic carbocycles. The van der Waals surface area contributed by atoms with Crippen LogP contribution in [-0.2, 0) is 25.8 Å². The van der Waals surface area contributed by atoms with Gasteiger partial charge in [-0.25, -0.2) is 9.55 Å². The van der Waals surface area contributed by atoms with Crippen LogP contribution in [0.1, 0.15) is 11.4 Å². The predicted molar refractivity (Wildman–Crippen MR) is 134 cm³/mol. The summed E-state index contributed by atoms with van der Waals surface area (Å²) in [6.45, 7) is 2.23. The number of thiazole rings is 1. The summed E-state index contributed by atoms with van der Waals surface area (Å²) in [6.07, 6.45) is 3.77. The molecule has 3 aromatic heterocycles. The monoisotopic (exact) mass is 561 g/mol. The molecule has 15 heteroatoms. The van der Waals surface area contributed by atoms with Gasteiger partial charge in [0, 0.05) is 11.3 Å². The molecule has 2 amide bonds. The molecule has 0 unspecified atom stereocenters. The summed E-state index contributed by atoms with van der Waals surface area (Å²) in [5.41, 5.74) is 7.76. The van der Waals surface area contributed by atoms with Crippen LogP contribution >= 0.6 is 34.7 Å². The van der Waals surface area contributed by atoms with Crippen molar-refractivity contribution in [3.8, 4) is 0 Å². The zero-order valence-corrected chi connectivity index (χ0v) is 21.9. The molecule has 0 radical (unpaired) electrons. The maximum absolute atomic E-state index is 13.0. The molecule has 1 fully saturated rings. The van der Waals surface area contributed by atoms with Crippen LogP contribution in [0.25, 0.3) is 5.52 Å². The van der Waals surface area contributed by atoms with Crippen molar-refractivity contribution < 1.29 is 28.9 Å². The predicted octanol–water partition coefficient (Wildman–Crippen LogP) is -0.318. The van der Waals surface area contributed by atoms with Gasteiger partial charge in [-0.3, -0.25) is 14.5 Å². The van der Waals surface area contributed by atoms with E-state index in [-0.39, 0.29) is 33.1 Å². The molecular formula is C22H20ClN7O5S2. The first-order chi connectivity index (χ1) is 17.7. The summed E-state index contributed by atoms with van der Waals surface area (Å²) in [4.78, 5) is 48.1. The number of nitrogens with one attached hydrogen (secondary N) is 1. The fraction of sp³-hybridized carbons (Fsp3) is 0.273. The molecule has 3 aromatic rings. The lowest BCUT2D eigenvalue weighted by molar-refractivity contribution is -0.687. The van der Waals surface area contributed by atoms with Crippen molar-refractivity contribution in [3.05, 3.63) is 57.7 Å². The molecule has 2 atom stereocenters. The maximum atomic E-state index is 13.0. The number of carbonyl (C=O) groups excluding carboxylic acids is 3. The number of aliphatic carboxylic acids is 1. The van der Waals surface area contributed by atoms with Gasteiger partial charge in [-0.1, -0.05) is 34.2 Å². The van der Waals surface area contributed by atoms with E-state index in [2.05, 4.69) is 15.5 Å². The Morgan fingerprint density at radius 3 is 2.86 bits per heavy atom. The number of nitrogen functional groups attached to an aromatic ring is 1. The molecule has 12 nitrogen and oxygen atoms in total. The van der Waals surface area contributed by atoms with Crippen LogP contribution in [0.4, 0.5) is 5.13 Å². The minimum atomic E-state index is -1.45. The number of hydrogen-bond donors (Lipinski definition) is 2. The molecule has 0 bridgehead atoms. The van der Waals surface area contributed by atoms with Gasteiger partial charge in [0.25, 0.3) is 11.8 Å². The van der Waals surface area contributed by atoms with Crippen LogP contribution in [0.2, 0.25) is 4.34 Å². The topological polar surface area (TPSA) is 158 Å². The number of oxime groups is 1. The van der Waals surface area contributed by atoms with Crippen LogP contribution in [0.5, 0.6) is 0 Å². The Bertz CT molecular complexity index is 1510. The number of carboxylic acid groups (broad SMARTS) is 1. The molecule has 2 aliphatic rings. The van der Waals surface area contributed by atoms with E-state index in [9.17, 15) is 19.5 Å². The van der Waals surface area contributed by atoms with Crippen molar-refractivity contribution in [2.75, 3.05) is 18.6 Å². The first kappa shape index (κ1) is 25.0. The van der Waals surface area contributed by atoms with Gasteiger partial charge in [-0.05, 0) is 19.1 Å². The summed E-state index contributed by atoms with van der Waals surface area (Å²) in [5.74, 6) is -2.46. The fourth-order valence-corrected chi connectivity index (χ4v) is 6.58. The van der Waals surface area contributed by atoms with Crippen molar-refractivity contribution in [3.63, 3.8) is 0 Å². The number of hydrogen-bond acceptors (Lipinski definition) is 10. The third kappa shape index (κ3) is 4.40. The summed E-state index contributed by atoms with van der Waals surface area (Å²) >= 11 is 8.42. The van der Waals surface area contributed by atoms with Crippen LogP contribution in [-0.4, -0.2) is 62.1 Å². The normalized spacial score (nSPS) is 19.6. The quantitative estimate of drug-likeness (QED) is 0.172. The molecule has 2 aliphatic heterocycles. The Hall–Kier alpha value is -3.62. The number of amides is 2. The second-order valence-electron chi connectivity index (χ2n) is 8.28. The largest absolute Gasteiger partial charge is 0.543 e. The minimum absolute atomic E-state index is 0.0215. The number of rotatable bonds is 7. The molecular weight excluding hydrogens is 542 g/mol. The summed E-state index contributed by atoms with van der Waals surface area (Å²) in [6, 6.07) is 4.87. The lowest BCUT2D eigenvalue weighted by atomic mass is 10.0. The number of nitrogens with two attached hydrogens (primary N) is 1. The average Bonchev–Trinajstić information content (AvgIpc) is 3.42. The van der Waals surface area contributed by atoms with Crippen molar-refractivity contribution >= 4 is 68.8 Å². The molecule has 192 valence electrons. The highest BCUT2D eigenvalue weighted by Gasteiger charge is 2.53. The van der Waals surface area contributed by atoms with E-state index in [1.165, 1.54) is 18.9 Å². The van der Waals surface area contributed by atoms with Gasteiger partial charge >= 0.3 is 0 Å². The standard InChI is InChI=1S/C22H20ClN7O5S2/c1-10-4-3-5-12-7-28(9-29(10)12)6-11-8-36-20-15(19(32)30(20)16(11)21(33)34)25-18(31)14(27-35-2)13-17(23)37-22(24)26-13/h3-5,7,9,15,20H,6,8H2,1-2H3,(H3-,24,25,26,31,33,34)/b27-14-/t15-,20-/m1/s1. The average molecular weight is 562 g/mol. The third-order valence-corrected chi connectivity index (χ3v) is 8.37. The number of anilines is 1. The van der Waals surface area contributed by atoms with Gasteiger partial charge < -0.3 is 25.8 Å². The van der Waals surface area contributed by atoms with Gasteiger partial charge in [0.15, 0.2) is 16.4 Å². The SMILES string of the molecule is CO/N=C(\C(=O)N[C@@H]1C(=O)N2C(C(=O)[O-])=C(C[n+]3cc4cccc(C)n4c3)CS[C@H]12)c1nc(N)sc1Cl. The van der Waals surface area contributed by atoms with Crippen LogP contribution in [0.15, 0.2) is 47.1 Å². The van der Waals surface area contributed by atoms with E-state index in [1.807, 2.05) is 46.6 Å². The number of halogens is 1. The highest BCUT2D eigenvalue weighted by atomic mass is 35.5. The molecule has 5 heterocycles. The maximum Gasteiger partial charge on any atom is 0.276 e. The Morgan fingerprint density at radius 2 is 2.22 bits per heavy atom. The van der Waals surface area contributed by atoms with Gasteiger partial charge in [-0.15, -0.1) is 11.8 Å². The van der Waals surface area contributed by atoms with Crippen LogP contribution in [0.3, 0.4) is 0 Å².